The van der Waals surface area contributed by atoms with E-state index in [2.05, 4.69) is 33.2 Å². The first-order valence-corrected chi connectivity index (χ1v) is 7.07. The SMILES string of the molecule is CCC(Nc1ccc(C)nc1)c1cc(Br)ccc1O. The van der Waals surface area contributed by atoms with Gasteiger partial charge in [0.2, 0.25) is 0 Å². The van der Waals surface area contributed by atoms with E-state index in [4.69, 9.17) is 0 Å². The number of aromatic nitrogens is 1. The number of hydrogen-bond donors (Lipinski definition) is 2. The van der Waals surface area contributed by atoms with Crippen LogP contribution in [0.25, 0.3) is 0 Å². The molecule has 0 bridgehead atoms. The molecule has 1 aromatic heterocycles. The van der Waals surface area contributed by atoms with Gasteiger partial charge in [0.15, 0.2) is 0 Å². The molecular weight excluding hydrogens is 304 g/mol. The van der Waals surface area contributed by atoms with Crippen LogP contribution in [0.3, 0.4) is 0 Å². The zero-order valence-electron chi connectivity index (χ0n) is 11.0. The maximum atomic E-state index is 9.98. The van der Waals surface area contributed by atoms with E-state index in [9.17, 15) is 5.11 Å². The van der Waals surface area contributed by atoms with Crippen molar-refractivity contribution in [3.63, 3.8) is 0 Å². The summed E-state index contributed by atoms with van der Waals surface area (Å²) in [5.41, 5.74) is 2.83. The van der Waals surface area contributed by atoms with Crippen molar-refractivity contribution < 1.29 is 5.11 Å². The largest absolute Gasteiger partial charge is 0.508 e. The van der Waals surface area contributed by atoms with Crippen molar-refractivity contribution in [1.29, 1.82) is 0 Å². The summed E-state index contributed by atoms with van der Waals surface area (Å²) in [5.74, 6) is 0.308. The number of phenolic OH excluding ortho intramolecular Hbond substituents is 1. The number of phenols is 1. The summed E-state index contributed by atoms with van der Waals surface area (Å²) in [4.78, 5) is 4.27. The van der Waals surface area contributed by atoms with Gasteiger partial charge in [0.1, 0.15) is 5.75 Å². The van der Waals surface area contributed by atoms with Gasteiger partial charge >= 0.3 is 0 Å². The summed E-state index contributed by atoms with van der Waals surface area (Å²) in [7, 11) is 0. The summed E-state index contributed by atoms with van der Waals surface area (Å²) in [6.07, 6.45) is 2.69. The van der Waals surface area contributed by atoms with Crippen molar-refractivity contribution in [2.75, 3.05) is 5.32 Å². The van der Waals surface area contributed by atoms with Gasteiger partial charge in [-0.05, 0) is 43.7 Å². The molecule has 19 heavy (non-hydrogen) atoms. The zero-order valence-corrected chi connectivity index (χ0v) is 12.6. The highest BCUT2D eigenvalue weighted by molar-refractivity contribution is 9.10. The molecule has 2 rings (SSSR count). The van der Waals surface area contributed by atoms with E-state index < -0.39 is 0 Å². The molecule has 0 aliphatic rings. The van der Waals surface area contributed by atoms with Crippen molar-refractivity contribution >= 4 is 21.6 Å². The number of pyridine rings is 1. The number of aromatic hydroxyl groups is 1. The van der Waals surface area contributed by atoms with E-state index >= 15 is 0 Å². The minimum Gasteiger partial charge on any atom is -0.508 e. The number of nitrogens with one attached hydrogen (secondary N) is 1. The van der Waals surface area contributed by atoms with Crippen LogP contribution in [-0.4, -0.2) is 10.1 Å². The number of hydrogen-bond acceptors (Lipinski definition) is 3. The Morgan fingerprint density at radius 2 is 2.11 bits per heavy atom. The maximum Gasteiger partial charge on any atom is 0.120 e. The molecule has 2 N–H and O–H groups in total. The Balaban J connectivity index is 2.24. The number of rotatable bonds is 4. The molecule has 0 saturated carbocycles. The normalized spacial score (nSPS) is 12.2. The van der Waals surface area contributed by atoms with Crippen molar-refractivity contribution in [3.05, 3.63) is 52.3 Å². The highest BCUT2D eigenvalue weighted by atomic mass is 79.9. The topological polar surface area (TPSA) is 45.2 Å². The molecule has 0 aliphatic carbocycles. The van der Waals surface area contributed by atoms with E-state index in [0.717, 1.165) is 27.8 Å². The van der Waals surface area contributed by atoms with Gasteiger partial charge in [-0.15, -0.1) is 0 Å². The Kier molecular flexibility index (Phi) is 4.43. The molecule has 0 radical (unpaired) electrons. The van der Waals surface area contributed by atoms with E-state index in [1.807, 2.05) is 37.4 Å². The Bertz CT molecular complexity index is 555. The van der Waals surface area contributed by atoms with E-state index in [-0.39, 0.29) is 6.04 Å². The molecule has 0 fully saturated rings. The number of anilines is 1. The first kappa shape index (κ1) is 13.9. The van der Waals surface area contributed by atoms with Crippen LogP contribution in [-0.2, 0) is 0 Å². The van der Waals surface area contributed by atoms with Gasteiger partial charge in [0.05, 0.1) is 17.9 Å². The highest BCUT2D eigenvalue weighted by Gasteiger charge is 2.14. The third-order valence-corrected chi connectivity index (χ3v) is 3.52. The van der Waals surface area contributed by atoms with Crippen LogP contribution in [0.4, 0.5) is 5.69 Å². The quantitative estimate of drug-likeness (QED) is 0.876. The molecule has 0 amide bonds. The molecule has 1 atom stereocenters. The summed E-state index contributed by atoms with van der Waals surface area (Å²) < 4.78 is 0.961. The fraction of sp³-hybridized carbons (Fsp3) is 0.267. The molecule has 4 heteroatoms. The molecule has 3 nitrogen and oxygen atoms in total. The molecule has 0 spiro atoms. The van der Waals surface area contributed by atoms with Crippen LogP contribution in [0.2, 0.25) is 0 Å². The van der Waals surface area contributed by atoms with Crippen molar-refractivity contribution in [3.8, 4) is 5.75 Å². The van der Waals surface area contributed by atoms with E-state index in [1.165, 1.54) is 0 Å². The highest BCUT2D eigenvalue weighted by Crippen LogP contribution is 2.31. The molecule has 1 heterocycles. The van der Waals surface area contributed by atoms with E-state index in [1.54, 1.807) is 6.07 Å². The number of nitrogens with zero attached hydrogens (tertiary/aromatic N) is 1. The fourth-order valence-electron chi connectivity index (χ4n) is 1.96. The second kappa shape index (κ2) is 6.06. The molecule has 1 unspecified atom stereocenters. The van der Waals surface area contributed by atoms with E-state index in [0.29, 0.717) is 5.75 Å². The second-order valence-electron chi connectivity index (χ2n) is 4.50. The van der Waals surface area contributed by atoms with Gasteiger partial charge in [0.25, 0.3) is 0 Å². The summed E-state index contributed by atoms with van der Waals surface area (Å²) in [6.45, 7) is 4.04. The smallest absolute Gasteiger partial charge is 0.120 e. The summed E-state index contributed by atoms with van der Waals surface area (Å²) >= 11 is 3.44. The fourth-order valence-corrected chi connectivity index (χ4v) is 2.34. The summed E-state index contributed by atoms with van der Waals surface area (Å²) in [5, 5.41) is 13.4. The maximum absolute atomic E-state index is 9.98. The average Bonchev–Trinajstić information content (AvgIpc) is 2.41. The Labute approximate surface area is 121 Å². The first-order chi connectivity index (χ1) is 9.10. The minimum absolute atomic E-state index is 0.0574. The number of aryl methyl sites for hydroxylation is 1. The Morgan fingerprint density at radius 1 is 1.32 bits per heavy atom. The Hall–Kier alpha value is -1.55. The summed E-state index contributed by atoms with van der Waals surface area (Å²) in [6, 6.07) is 9.51. The van der Waals surface area contributed by atoms with Crippen LogP contribution < -0.4 is 5.32 Å². The third kappa shape index (κ3) is 3.47. The molecule has 1 aromatic carbocycles. The molecule has 0 saturated heterocycles. The first-order valence-electron chi connectivity index (χ1n) is 6.27. The molecular formula is C15H17BrN2O. The standard InChI is InChI=1S/C15H17BrN2O/c1-3-14(13-8-11(16)5-7-15(13)19)18-12-6-4-10(2)17-9-12/h4-9,14,18-19H,3H2,1-2H3. The lowest BCUT2D eigenvalue weighted by Crippen LogP contribution is -2.10. The minimum atomic E-state index is 0.0574. The van der Waals surface area contributed by atoms with Crippen LogP contribution in [0, 0.1) is 6.92 Å². The van der Waals surface area contributed by atoms with Crippen molar-refractivity contribution in [1.82, 2.24) is 4.98 Å². The molecule has 100 valence electrons. The van der Waals surface area contributed by atoms with Crippen LogP contribution in [0.1, 0.15) is 30.6 Å². The van der Waals surface area contributed by atoms with Gasteiger partial charge in [-0.3, -0.25) is 4.98 Å². The predicted molar refractivity (Wildman–Crippen MR) is 81.4 cm³/mol. The van der Waals surface area contributed by atoms with Gasteiger partial charge in [-0.25, -0.2) is 0 Å². The van der Waals surface area contributed by atoms with Gasteiger partial charge in [-0.2, -0.15) is 0 Å². The lowest BCUT2D eigenvalue weighted by molar-refractivity contribution is 0.462. The van der Waals surface area contributed by atoms with Gasteiger partial charge in [-0.1, -0.05) is 22.9 Å². The van der Waals surface area contributed by atoms with Crippen LogP contribution >= 0.6 is 15.9 Å². The molecule has 0 aliphatic heterocycles. The Morgan fingerprint density at radius 3 is 2.74 bits per heavy atom. The van der Waals surface area contributed by atoms with Crippen LogP contribution in [0.5, 0.6) is 5.75 Å². The monoisotopic (exact) mass is 320 g/mol. The number of benzene rings is 1. The average molecular weight is 321 g/mol. The second-order valence-corrected chi connectivity index (χ2v) is 5.41. The lowest BCUT2D eigenvalue weighted by Gasteiger charge is -2.20. The third-order valence-electron chi connectivity index (χ3n) is 3.03. The predicted octanol–water partition coefficient (Wildman–Crippen LogP) is 4.42. The van der Waals surface area contributed by atoms with Gasteiger partial charge in [0, 0.05) is 15.7 Å². The zero-order chi connectivity index (χ0) is 13.8. The van der Waals surface area contributed by atoms with Crippen molar-refractivity contribution in [2.24, 2.45) is 0 Å². The number of halogens is 1. The van der Waals surface area contributed by atoms with Crippen LogP contribution in [0.15, 0.2) is 41.0 Å². The van der Waals surface area contributed by atoms with Gasteiger partial charge < -0.3 is 10.4 Å². The van der Waals surface area contributed by atoms with Crippen molar-refractivity contribution in [2.45, 2.75) is 26.3 Å². The molecule has 2 aromatic rings. The lowest BCUT2D eigenvalue weighted by atomic mass is 10.0.